The highest BCUT2D eigenvalue weighted by atomic mass is 19.1. The predicted molar refractivity (Wildman–Crippen MR) is 149 cm³/mol. The van der Waals surface area contributed by atoms with E-state index in [1.54, 1.807) is 37.4 Å². The van der Waals surface area contributed by atoms with Gasteiger partial charge in [-0.05, 0) is 67.3 Å². The third-order valence-electron chi connectivity index (χ3n) is 7.03. The van der Waals surface area contributed by atoms with Crippen molar-refractivity contribution in [1.29, 1.82) is 0 Å². The first kappa shape index (κ1) is 29.9. The largest absolute Gasteiger partial charge is 0.493 e. The van der Waals surface area contributed by atoms with Crippen LogP contribution in [0.25, 0.3) is 11.4 Å². The number of amides is 2. The summed E-state index contributed by atoms with van der Waals surface area (Å²) in [5.74, 6) is 0.264. The van der Waals surface area contributed by atoms with Gasteiger partial charge in [-0.2, -0.15) is 4.80 Å². The number of rotatable bonds is 14. The van der Waals surface area contributed by atoms with Crippen LogP contribution >= 0.6 is 0 Å². The number of carbonyl (C=O) groups excluding carboxylic acids is 2. The molecule has 1 heterocycles. The summed E-state index contributed by atoms with van der Waals surface area (Å²) in [5.41, 5.74) is 1.15. The molecule has 1 saturated carbocycles. The van der Waals surface area contributed by atoms with Crippen LogP contribution < -0.4 is 14.8 Å². The van der Waals surface area contributed by atoms with Gasteiger partial charge in [-0.1, -0.05) is 25.0 Å². The number of hydrogen-bond acceptors (Lipinski definition) is 8. The summed E-state index contributed by atoms with van der Waals surface area (Å²) in [5, 5.41) is 15.7. The van der Waals surface area contributed by atoms with E-state index in [-0.39, 0.29) is 30.9 Å². The Morgan fingerprint density at radius 3 is 2.51 bits per heavy atom. The van der Waals surface area contributed by atoms with Crippen LogP contribution in [0.4, 0.5) is 4.39 Å². The van der Waals surface area contributed by atoms with E-state index in [0.717, 1.165) is 25.7 Å². The SMILES string of the molecule is CCOCCCN(C(=O)Cn1nnc(-c2ccc(OC)c(OC)c2)n1)C(C(=O)NC1CCCC1)c1ccc(F)cc1. The third-order valence-corrected chi connectivity index (χ3v) is 7.03. The highest BCUT2D eigenvalue weighted by Crippen LogP contribution is 2.31. The van der Waals surface area contributed by atoms with Crippen molar-refractivity contribution in [1.82, 2.24) is 30.4 Å². The van der Waals surface area contributed by atoms with Gasteiger partial charge in [-0.3, -0.25) is 9.59 Å². The van der Waals surface area contributed by atoms with Crippen molar-refractivity contribution in [2.45, 2.75) is 57.7 Å². The molecule has 1 atom stereocenters. The Morgan fingerprint density at radius 2 is 1.83 bits per heavy atom. The first-order valence-corrected chi connectivity index (χ1v) is 13.9. The van der Waals surface area contributed by atoms with E-state index in [2.05, 4.69) is 20.7 Å². The minimum Gasteiger partial charge on any atom is -0.493 e. The molecule has 2 aromatic carbocycles. The molecule has 0 aliphatic heterocycles. The van der Waals surface area contributed by atoms with Gasteiger partial charge in [0.05, 0.1) is 14.2 Å². The molecule has 0 radical (unpaired) electrons. The van der Waals surface area contributed by atoms with Gasteiger partial charge in [-0.25, -0.2) is 4.39 Å². The lowest BCUT2D eigenvalue weighted by Gasteiger charge is -2.32. The summed E-state index contributed by atoms with van der Waals surface area (Å²) in [6.07, 6.45) is 4.38. The molecule has 0 saturated heterocycles. The molecule has 41 heavy (non-hydrogen) atoms. The molecule has 1 unspecified atom stereocenters. The highest BCUT2D eigenvalue weighted by Gasteiger charge is 2.33. The fourth-order valence-electron chi connectivity index (χ4n) is 4.96. The Balaban J connectivity index is 1.59. The van der Waals surface area contributed by atoms with E-state index >= 15 is 0 Å². The number of aromatic nitrogens is 4. The molecular formula is C29H37FN6O5. The lowest BCUT2D eigenvalue weighted by atomic mass is 10.0. The smallest absolute Gasteiger partial charge is 0.247 e. The van der Waals surface area contributed by atoms with Gasteiger partial charge in [-0.15, -0.1) is 10.2 Å². The van der Waals surface area contributed by atoms with E-state index in [1.165, 1.54) is 28.9 Å². The number of tetrazole rings is 1. The molecule has 220 valence electrons. The van der Waals surface area contributed by atoms with E-state index in [0.29, 0.717) is 48.1 Å². The fourth-order valence-corrected chi connectivity index (χ4v) is 4.96. The minimum atomic E-state index is -0.959. The van der Waals surface area contributed by atoms with Crippen molar-refractivity contribution in [3.05, 3.63) is 53.8 Å². The second-order valence-corrected chi connectivity index (χ2v) is 9.79. The maximum atomic E-state index is 13.8. The first-order chi connectivity index (χ1) is 19.9. The van der Waals surface area contributed by atoms with Crippen LogP contribution in [0.5, 0.6) is 11.5 Å². The summed E-state index contributed by atoms with van der Waals surface area (Å²) in [7, 11) is 3.08. The molecular weight excluding hydrogens is 531 g/mol. The zero-order valence-electron chi connectivity index (χ0n) is 23.7. The van der Waals surface area contributed by atoms with Gasteiger partial charge >= 0.3 is 0 Å². The molecule has 1 N–H and O–H groups in total. The number of halogens is 1. The molecule has 0 bridgehead atoms. The molecule has 1 fully saturated rings. The lowest BCUT2D eigenvalue weighted by molar-refractivity contribution is -0.142. The molecule has 2 amide bonds. The Kier molecular flexibility index (Phi) is 10.6. The van der Waals surface area contributed by atoms with Crippen molar-refractivity contribution in [3.63, 3.8) is 0 Å². The third kappa shape index (κ3) is 7.78. The molecule has 11 nitrogen and oxygen atoms in total. The number of nitrogens with zero attached hydrogens (tertiary/aromatic N) is 5. The molecule has 12 heteroatoms. The Labute approximate surface area is 239 Å². The zero-order valence-corrected chi connectivity index (χ0v) is 23.7. The summed E-state index contributed by atoms with van der Waals surface area (Å²) in [6.45, 7) is 2.86. The second-order valence-electron chi connectivity index (χ2n) is 9.79. The lowest BCUT2D eigenvalue weighted by Crippen LogP contribution is -2.47. The average Bonchev–Trinajstić information content (AvgIpc) is 3.67. The Morgan fingerprint density at radius 1 is 1.10 bits per heavy atom. The highest BCUT2D eigenvalue weighted by molar-refractivity contribution is 5.89. The minimum absolute atomic E-state index is 0.0480. The Hall–Kier alpha value is -4.06. The predicted octanol–water partition coefficient (Wildman–Crippen LogP) is 3.55. The van der Waals surface area contributed by atoms with Gasteiger partial charge < -0.3 is 24.4 Å². The monoisotopic (exact) mass is 568 g/mol. The van der Waals surface area contributed by atoms with Gasteiger partial charge in [0.1, 0.15) is 18.4 Å². The van der Waals surface area contributed by atoms with Crippen LogP contribution in [-0.4, -0.2) is 76.9 Å². The van der Waals surface area contributed by atoms with Crippen LogP contribution in [0.15, 0.2) is 42.5 Å². The van der Waals surface area contributed by atoms with Crippen molar-refractivity contribution >= 4 is 11.8 Å². The van der Waals surface area contributed by atoms with Crippen molar-refractivity contribution in [3.8, 4) is 22.9 Å². The van der Waals surface area contributed by atoms with Gasteiger partial charge in [0.25, 0.3) is 0 Å². The fraction of sp³-hybridized carbons (Fsp3) is 0.483. The molecule has 4 rings (SSSR count). The van der Waals surface area contributed by atoms with Gasteiger partial charge in [0.2, 0.25) is 17.6 Å². The van der Waals surface area contributed by atoms with Crippen LogP contribution in [0.3, 0.4) is 0 Å². The number of methoxy groups -OCH3 is 2. The van der Waals surface area contributed by atoms with E-state index < -0.39 is 11.9 Å². The van der Waals surface area contributed by atoms with Crippen LogP contribution in [-0.2, 0) is 20.9 Å². The number of nitrogens with one attached hydrogen (secondary N) is 1. The van der Waals surface area contributed by atoms with Gasteiger partial charge in [0.15, 0.2) is 11.5 Å². The molecule has 3 aromatic rings. The molecule has 0 spiro atoms. The number of ether oxygens (including phenoxy) is 3. The van der Waals surface area contributed by atoms with Crippen molar-refractivity contribution in [2.24, 2.45) is 0 Å². The number of hydrogen-bond donors (Lipinski definition) is 1. The van der Waals surface area contributed by atoms with E-state index in [9.17, 15) is 14.0 Å². The molecule has 1 aliphatic rings. The summed E-state index contributed by atoms with van der Waals surface area (Å²) >= 11 is 0. The summed E-state index contributed by atoms with van der Waals surface area (Å²) in [4.78, 5) is 30.2. The zero-order chi connectivity index (χ0) is 29.2. The second kappa shape index (κ2) is 14.5. The average molecular weight is 569 g/mol. The summed E-state index contributed by atoms with van der Waals surface area (Å²) in [6, 6.07) is 9.98. The van der Waals surface area contributed by atoms with Crippen LogP contribution in [0.2, 0.25) is 0 Å². The Bertz CT molecular complexity index is 1300. The first-order valence-electron chi connectivity index (χ1n) is 13.9. The molecule has 1 aliphatic carbocycles. The topological polar surface area (TPSA) is 121 Å². The maximum Gasteiger partial charge on any atom is 0.247 e. The maximum absolute atomic E-state index is 13.8. The molecule has 1 aromatic heterocycles. The van der Waals surface area contributed by atoms with E-state index in [4.69, 9.17) is 14.2 Å². The quantitative estimate of drug-likeness (QED) is 0.293. The van der Waals surface area contributed by atoms with Crippen molar-refractivity contribution in [2.75, 3.05) is 34.0 Å². The van der Waals surface area contributed by atoms with Crippen LogP contribution in [0, 0.1) is 5.82 Å². The van der Waals surface area contributed by atoms with E-state index in [1.807, 2.05) is 6.92 Å². The number of carbonyl (C=O) groups is 2. The van der Waals surface area contributed by atoms with Crippen LogP contribution in [0.1, 0.15) is 50.6 Å². The van der Waals surface area contributed by atoms with Gasteiger partial charge in [0, 0.05) is 31.4 Å². The number of benzene rings is 2. The standard InChI is InChI=1S/C29H37FN6O5/c1-4-41-17-7-16-35(27(20-10-13-22(30)14-11-20)29(38)31-23-8-5-6-9-23)26(37)19-36-33-28(32-34-36)21-12-15-24(39-2)25(18-21)40-3/h10-15,18,23,27H,4-9,16-17,19H2,1-3H3,(H,31,38). The van der Waals surface area contributed by atoms with Crippen molar-refractivity contribution < 1.29 is 28.2 Å². The normalized spacial score (nSPS) is 14.0. The summed E-state index contributed by atoms with van der Waals surface area (Å²) < 4.78 is 29.9.